The summed E-state index contributed by atoms with van der Waals surface area (Å²) in [5, 5.41) is 0. The molecular weight excluding hydrogens is 236 g/mol. The number of amides is 1. The summed E-state index contributed by atoms with van der Waals surface area (Å²) in [5.74, 6) is 0.700. The topological polar surface area (TPSA) is 46.3 Å². The quantitative estimate of drug-likeness (QED) is 0.821. The molecule has 0 aromatic heterocycles. The Morgan fingerprint density at radius 3 is 2.47 bits per heavy atom. The van der Waals surface area contributed by atoms with Gasteiger partial charge in [-0.15, -0.1) is 0 Å². The molecule has 0 radical (unpaired) electrons. The molecule has 0 unspecified atom stereocenters. The van der Waals surface area contributed by atoms with E-state index in [-0.39, 0.29) is 5.91 Å². The van der Waals surface area contributed by atoms with Crippen molar-refractivity contribution in [2.45, 2.75) is 40.2 Å². The van der Waals surface area contributed by atoms with E-state index >= 15 is 0 Å². The van der Waals surface area contributed by atoms with Gasteiger partial charge in [0.25, 0.3) is 5.91 Å². The van der Waals surface area contributed by atoms with Crippen LogP contribution in [0.1, 0.15) is 49.5 Å². The van der Waals surface area contributed by atoms with E-state index in [0.717, 1.165) is 37.1 Å². The second-order valence-electron chi connectivity index (χ2n) is 4.93. The Hall–Kier alpha value is -1.35. The van der Waals surface area contributed by atoms with Crippen LogP contribution in [0.2, 0.25) is 0 Å². The minimum atomic E-state index is 0.115. The lowest BCUT2D eigenvalue weighted by Crippen LogP contribution is -2.35. The highest BCUT2D eigenvalue weighted by atomic mass is 16.2. The first kappa shape index (κ1) is 15.7. The van der Waals surface area contributed by atoms with Crippen molar-refractivity contribution in [3.05, 3.63) is 35.4 Å². The summed E-state index contributed by atoms with van der Waals surface area (Å²) in [7, 11) is 0. The van der Waals surface area contributed by atoms with Crippen LogP contribution in [0.3, 0.4) is 0 Å². The van der Waals surface area contributed by atoms with Gasteiger partial charge in [-0.3, -0.25) is 4.79 Å². The summed E-state index contributed by atoms with van der Waals surface area (Å²) in [6.45, 7) is 8.47. The van der Waals surface area contributed by atoms with Gasteiger partial charge in [-0.2, -0.15) is 0 Å². The van der Waals surface area contributed by atoms with Crippen LogP contribution in [-0.4, -0.2) is 23.9 Å². The molecule has 0 saturated heterocycles. The highest BCUT2D eigenvalue weighted by molar-refractivity contribution is 5.94. The normalized spacial score (nSPS) is 10.8. The minimum absolute atomic E-state index is 0.115. The first-order valence-electron chi connectivity index (χ1n) is 7.24. The van der Waals surface area contributed by atoms with Crippen LogP contribution in [0.25, 0.3) is 0 Å². The average Bonchev–Trinajstić information content (AvgIpc) is 2.48. The monoisotopic (exact) mass is 262 g/mol. The Bertz CT molecular complexity index is 399. The van der Waals surface area contributed by atoms with Crippen LogP contribution in [0.4, 0.5) is 0 Å². The molecule has 0 fully saturated rings. The molecule has 0 heterocycles. The van der Waals surface area contributed by atoms with Gasteiger partial charge in [0, 0.05) is 25.2 Å². The van der Waals surface area contributed by atoms with E-state index in [0.29, 0.717) is 12.5 Å². The molecule has 1 rings (SSSR count). The van der Waals surface area contributed by atoms with Crippen molar-refractivity contribution in [3.8, 4) is 0 Å². The van der Waals surface area contributed by atoms with E-state index in [1.165, 1.54) is 0 Å². The third-order valence-electron chi connectivity index (χ3n) is 3.71. The van der Waals surface area contributed by atoms with Crippen LogP contribution in [0.15, 0.2) is 24.3 Å². The number of benzene rings is 1. The maximum absolute atomic E-state index is 12.5. The largest absolute Gasteiger partial charge is 0.339 e. The van der Waals surface area contributed by atoms with Crippen molar-refractivity contribution in [1.82, 2.24) is 4.90 Å². The number of rotatable bonds is 7. The van der Waals surface area contributed by atoms with Crippen LogP contribution < -0.4 is 5.73 Å². The molecular formula is C16H26N2O. The highest BCUT2D eigenvalue weighted by Crippen LogP contribution is 2.14. The second kappa shape index (κ2) is 7.95. The summed E-state index contributed by atoms with van der Waals surface area (Å²) in [6, 6.07) is 7.63. The van der Waals surface area contributed by atoms with Gasteiger partial charge >= 0.3 is 0 Å². The van der Waals surface area contributed by atoms with E-state index in [4.69, 9.17) is 5.73 Å². The first-order valence-corrected chi connectivity index (χ1v) is 7.24. The number of carbonyl (C=O) groups is 1. The zero-order valence-corrected chi connectivity index (χ0v) is 12.4. The molecule has 19 heavy (non-hydrogen) atoms. The molecule has 2 N–H and O–H groups in total. The third kappa shape index (κ3) is 4.35. The van der Waals surface area contributed by atoms with Crippen LogP contribution >= 0.6 is 0 Å². The molecule has 106 valence electrons. The molecule has 0 aliphatic carbocycles. The summed E-state index contributed by atoms with van der Waals surface area (Å²) < 4.78 is 0. The third-order valence-corrected chi connectivity index (χ3v) is 3.71. The van der Waals surface area contributed by atoms with Crippen molar-refractivity contribution in [1.29, 1.82) is 0 Å². The van der Waals surface area contributed by atoms with Crippen molar-refractivity contribution in [2.75, 3.05) is 13.1 Å². The molecule has 0 aliphatic heterocycles. The molecule has 1 aromatic carbocycles. The highest BCUT2D eigenvalue weighted by Gasteiger charge is 2.17. The Kier molecular flexibility index (Phi) is 6.57. The standard InChI is InChI=1S/C16H26N2O/c1-4-13(5-2)12-18(6-3)16(19)15-9-7-8-14(10-15)11-17/h7-10,13H,4-6,11-12,17H2,1-3H3. The van der Waals surface area contributed by atoms with E-state index in [1.807, 2.05) is 36.1 Å². The fourth-order valence-corrected chi connectivity index (χ4v) is 2.23. The average molecular weight is 262 g/mol. The van der Waals surface area contributed by atoms with Gasteiger partial charge in [-0.1, -0.05) is 38.8 Å². The summed E-state index contributed by atoms with van der Waals surface area (Å²) in [4.78, 5) is 14.4. The fourth-order valence-electron chi connectivity index (χ4n) is 2.23. The molecule has 0 aliphatic rings. The Morgan fingerprint density at radius 1 is 1.26 bits per heavy atom. The maximum atomic E-state index is 12.5. The molecule has 3 heteroatoms. The van der Waals surface area contributed by atoms with E-state index in [9.17, 15) is 4.79 Å². The van der Waals surface area contributed by atoms with Gasteiger partial charge in [0.15, 0.2) is 0 Å². The molecule has 3 nitrogen and oxygen atoms in total. The predicted molar refractivity (Wildman–Crippen MR) is 80.0 cm³/mol. The fraction of sp³-hybridized carbons (Fsp3) is 0.562. The molecule has 0 atom stereocenters. The molecule has 0 saturated carbocycles. The number of hydrogen-bond acceptors (Lipinski definition) is 2. The van der Waals surface area contributed by atoms with Gasteiger partial charge < -0.3 is 10.6 Å². The summed E-state index contributed by atoms with van der Waals surface area (Å²) >= 11 is 0. The molecule has 0 bridgehead atoms. The van der Waals surface area contributed by atoms with Crippen LogP contribution in [0.5, 0.6) is 0 Å². The Balaban J connectivity index is 2.82. The smallest absolute Gasteiger partial charge is 0.253 e. The lowest BCUT2D eigenvalue weighted by atomic mass is 10.0. The van der Waals surface area contributed by atoms with Gasteiger partial charge in [-0.25, -0.2) is 0 Å². The first-order chi connectivity index (χ1) is 9.15. The Labute approximate surface area is 116 Å². The molecule has 1 amide bonds. The maximum Gasteiger partial charge on any atom is 0.253 e. The van der Waals surface area contributed by atoms with Crippen molar-refractivity contribution < 1.29 is 4.79 Å². The van der Waals surface area contributed by atoms with E-state index in [1.54, 1.807) is 0 Å². The number of carbonyl (C=O) groups excluding carboxylic acids is 1. The summed E-state index contributed by atoms with van der Waals surface area (Å²) in [5.41, 5.74) is 7.38. The lowest BCUT2D eigenvalue weighted by Gasteiger charge is -2.25. The van der Waals surface area contributed by atoms with Crippen molar-refractivity contribution in [3.63, 3.8) is 0 Å². The van der Waals surface area contributed by atoms with Gasteiger partial charge in [-0.05, 0) is 30.5 Å². The molecule has 1 aromatic rings. The zero-order chi connectivity index (χ0) is 14.3. The van der Waals surface area contributed by atoms with Crippen molar-refractivity contribution in [2.24, 2.45) is 11.7 Å². The lowest BCUT2D eigenvalue weighted by molar-refractivity contribution is 0.0735. The van der Waals surface area contributed by atoms with Gasteiger partial charge in [0.05, 0.1) is 0 Å². The predicted octanol–water partition coefficient (Wildman–Crippen LogP) is 3.04. The van der Waals surface area contributed by atoms with Gasteiger partial charge in [0.2, 0.25) is 0 Å². The number of nitrogens with zero attached hydrogens (tertiary/aromatic N) is 1. The number of nitrogens with two attached hydrogens (primary N) is 1. The van der Waals surface area contributed by atoms with E-state index in [2.05, 4.69) is 13.8 Å². The van der Waals surface area contributed by atoms with Crippen LogP contribution in [-0.2, 0) is 6.54 Å². The Morgan fingerprint density at radius 2 is 1.95 bits per heavy atom. The summed E-state index contributed by atoms with van der Waals surface area (Å²) in [6.07, 6.45) is 2.23. The second-order valence-corrected chi connectivity index (χ2v) is 4.93. The zero-order valence-electron chi connectivity index (χ0n) is 12.4. The minimum Gasteiger partial charge on any atom is -0.339 e. The molecule has 0 spiro atoms. The van der Waals surface area contributed by atoms with Gasteiger partial charge in [0.1, 0.15) is 0 Å². The van der Waals surface area contributed by atoms with E-state index < -0.39 is 0 Å². The number of hydrogen-bond donors (Lipinski definition) is 1. The van der Waals surface area contributed by atoms with Crippen LogP contribution in [0, 0.1) is 5.92 Å². The van der Waals surface area contributed by atoms with Crippen molar-refractivity contribution >= 4 is 5.91 Å². The SMILES string of the molecule is CCC(CC)CN(CC)C(=O)c1cccc(CN)c1.